The smallest absolute Gasteiger partial charge is 0.314 e. The molecule has 158 valence electrons. The van der Waals surface area contributed by atoms with Crippen LogP contribution in [0.1, 0.15) is 35.2 Å². The molecule has 4 rings (SSSR count). The van der Waals surface area contributed by atoms with Crippen LogP contribution in [0.4, 0.5) is 8.78 Å². The highest BCUT2D eigenvalue weighted by Crippen LogP contribution is 2.23. The second-order valence-corrected chi connectivity index (χ2v) is 6.53. The minimum Gasteiger partial charge on any atom is -0.415 e. The van der Waals surface area contributed by atoms with Crippen molar-refractivity contribution < 1.29 is 18.0 Å². The summed E-state index contributed by atoms with van der Waals surface area (Å²) in [5, 5.41) is 22.2. The van der Waals surface area contributed by atoms with Gasteiger partial charge in [-0.3, -0.25) is 4.79 Å². The molecule has 0 aliphatic carbocycles. The summed E-state index contributed by atoms with van der Waals surface area (Å²) in [6, 6.07) is 13.9. The highest BCUT2D eigenvalue weighted by Gasteiger charge is 2.17. The Kier molecular flexibility index (Phi) is 5.74. The van der Waals surface area contributed by atoms with Gasteiger partial charge in [0.05, 0.1) is 6.54 Å². The summed E-state index contributed by atoms with van der Waals surface area (Å²) < 4.78 is 30.1. The van der Waals surface area contributed by atoms with E-state index in [0.717, 1.165) is 5.56 Å². The van der Waals surface area contributed by atoms with Crippen molar-refractivity contribution in [3.8, 4) is 22.8 Å². The second kappa shape index (κ2) is 8.78. The van der Waals surface area contributed by atoms with Crippen molar-refractivity contribution in [2.45, 2.75) is 19.9 Å². The number of hydrogen-bond donors (Lipinski definition) is 1. The first-order valence-electron chi connectivity index (χ1n) is 9.41. The number of alkyl halides is 2. The number of carbonyl (C=O) groups excluding carboxylic acids is 1. The van der Waals surface area contributed by atoms with Gasteiger partial charge in [0, 0.05) is 23.2 Å². The maximum atomic E-state index is 12.6. The van der Waals surface area contributed by atoms with Crippen LogP contribution < -0.4 is 5.32 Å². The fraction of sp³-hybridized carbons (Fsp3) is 0.200. The number of tetrazole rings is 1. The van der Waals surface area contributed by atoms with E-state index in [1.165, 1.54) is 4.80 Å². The minimum atomic E-state index is -2.81. The fourth-order valence-corrected chi connectivity index (χ4v) is 2.84. The lowest BCUT2D eigenvalue weighted by Crippen LogP contribution is -2.22. The molecule has 4 aromatic rings. The van der Waals surface area contributed by atoms with Crippen LogP contribution in [0.2, 0.25) is 0 Å². The number of hydrogen-bond acceptors (Lipinski definition) is 7. The van der Waals surface area contributed by atoms with E-state index in [1.807, 2.05) is 6.92 Å². The zero-order chi connectivity index (χ0) is 21.8. The molecule has 2 aromatic heterocycles. The molecule has 0 atom stereocenters. The van der Waals surface area contributed by atoms with Crippen LogP contribution >= 0.6 is 0 Å². The molecular weight excluding hydrogens is 408 g/mol. The summed E-state index contributed by atoms with van der Waals surface area (Å²) in [4.78, 5) is 13.4. The van der Waals surface area contributed by atoms with Crippen LogP contribution in [0.15, 0.2) is 52.9 Å². The monoisotopic (exact) mass is 425 g/mol. The molecule has 1 N–H and O–H groups in total. The van der Waals surface area contributed by atoms with Crippen LogP contribution in [-0.2, 0) is 6.54 Å². The maximum absolute atomic E-state index is 12.6. The Morgan fingerprint density at radius 2 is 1.90 bits per heavy atom. The Morgan fingerprint density at radius 1 is 1.10 bits per heavy atom. The van der Waals surface area contributed by atoms with E-state index in [2.05, 4.69) is 30.9 Å². The number of aromatic nitrogens is 6. The van der Waals surface area contributed by atoms with Crippen molar-refractivity contribution in [1.82, 2.24) is 35.7 Å². The number of benzene rings is 2. The van der Waals surface area contributed by atoms with Gasteiger partial charge in [-0.15, -0.1) is 20.4 Å². The molecule has 2 heterocycles. The molecule has 2 aromatic carbocycles. The van der Waals surface area contributed by atoms with E-state index >= 15 is 0 Å². The van der Waals surface area contributed by atoms with E-state index in [0.29, 0.717) is 35.6 Å². The molecule has 0 radical (unpaired) electrons. The fourth-order valence-electron chi connectivity index (χ4n) is 2.84. The summed E-state index contributed by atoms with van der Waals surface area (Å²) in [5.74, 6) is -0.461. The zero-order valence-corrected chi connectivity index (χ0v) is 16.4. The van der Waals surface area contributed by atoms with Crippen LogP contribution in [0.25, 0.3) is 22.8 Å². The van der Waals surface area contributed by atoms with Crippen LogP contribution in [0.3, 0.4) is 0 Å². The van der Waals surface area contributed by atoms with E-state index in [1.54, 1.807) is 48.5 Å². The molecule has 11 heteroatoms. The zero-order valence-electron chi connectivity index (χ0n) is 16.4. The molecule has 0 unspecified atom stereocenters. The van der Waals surface area contributed by atoms with Crippen LogP contribution in [-0.4, -0.2) is 42.9 Å². The molecule has 0 spiro atoms. The Bertz CT molecular complexity index is 1190. The topological polar surface area (TPSA) is 112 Å². The Balaban J connectivity index is 1.46. The first kappa shape index (κ1) is 20.3. The average Bonchev–Trinajstić information content (AvgIpc) is 3.45. The van der Waals surface area contributed by atoms with Crippen molar-refractivity contribution in [2.75, 3.05) is 6.54 Å². The van der Waals surface area contributed by atoms with Gasteiger partial charge < -0.3 is 9.73 Å². The van der Waals surface area contributed by atoms with Gasteiger partial charge in [-0.2, -0.15) is 13.6 Å². The van der Waals surface area contributed by atoms with Gasteiger partial charge in [0.2, 0.25) is 11.7 Å². The summed E-state index contributed by atoms with van der Waals surface area (Å²) in [5.41, 5.74) is 2.58. The summed E-state index contributed by atoms with van der Waals surface area (Å²) >= 11 is 0. The van der Waals surface area contributed by atoms with Crippen LogP contribution in [0.5, 0.6) is 0 Å². The Morgan fingerprint density at radius 3 is 2.61 bits per heavy atom. The van der Waals surface area contributed by atoms with Gasteiger partial charge in [0.15, 0.2) is 0 Å². The van der Waals surface area contributed by atoms with E-state index in [4.69, 9.17) is 4.42 Å². The first-order valence-corrected chi connectivity index (χ1v) is 9.41. The highest BCUT2D eigenvalue weighted by molar-refractivity contribution is 5.95. The van der Waals surface area contributed by atoms with Gasteiger partial charge in [0.1, 0.15) is 0 Å². The number of nitrogens with one attached hydrogen (secondary N) is 1. The van der Waals surface area contributed by atoms with Crippen molar-refractivity contribution in [3.05, 3.63) is 65.5 Å². The third kappa shape index (κ3) is 4.60. The first-order chi connectivity index (χ1) is 15.0. The predicted molar refractivity (Wildman–Crippen MR) is 105 cm³/mol. The van der Waals surface area contributed by atoms with Gasteiger partial charge in [-0.1, -0.05) is 24.3 Å². The van der Waals surface area contributed by atoms with E-state index in [-0.39, 0.29) is 11.8 Å². The van der Waals surface area contributed by atoms with Crippen molar-refractivity contribution in [1.29, 1.82) is 0 Å². The molecular formula is C20H17F2N7O2. The number of rotatable bonds is 7. The number of nitrogens with zero attached hydrogens (tertiary/aromatic N) is 6. The maximum Gasteiger partial charge on any atom is 0.314 e. The normalized spacial score (nSPS) is 11.1. The molecule has 1 amide bonds. The molecule has 0 fully saturated rings. The average molecular weight is 425 g/mol. The number of halogens is 2. The molecule has 0 bridgehead atoms. The van der Waals surface area contributed by atoms with Crippen molar-refractivity contribution in [3.63, 3.8) is 0 Å². The predicted octanol–water partition coefficient (Wildman–Crippen LogP) is 3.13. The summed E-state index contributed by atoms with van der Waals surface area (Å²) in [7, 11) is 0. The number of carbonyl (C=O) groups is 1. The molecule has 0 aliphatic heterocycles. The number of amides is 1. The largest absolute Gasteiger partial charge is 0.415 e. The SMILES string of the molecule is CCNC(=O)c1cccc(-c2nnn(Cc3ccc(-c4nnc(C(F)F)o4)cc3)n2)c1. The van der Waals surface area contributed by atoms with Crippen molar-refractivity contribution in [2.24, 2.45) is 0 Å². The molecule has 0 saturated heterocycles. The molecule has 0 aliphatic rings. The molecule has 31 heavy (non-hydrogen) atoms. The third-order valence-electron chi connectivity index (χ3n) is 4.33. The Labute approximate surface area is 175 Å². The van der Waals surface area contributed by atoms with Gasteiger partial charge in [0.25, 0.3) is 11.8 Å². The summed E-state index contributed by atoms with van der Waals surface area (Å²) in [6.07, 6.45) is -2.81. The lowest BCUT2D eigenvalue weighted by molar-refractivity contribution is 0.0955. The van der Waals surface area contributed by atoms with Crippen LogP contribution in [0, 0.1) is 0 Å². The quantitative estimate of drug-likeness (QED) is 0.484. The third-order valence-corrected chi connectivity index (χ3v) is 4.33. The lowest BCUT2D eigenvalue weighted by atomic mass is 10.1. The van der Waals surface area contributed by atoms with Gasteiger partial charge in [-0.25, -0.2) is 0 Å². The lowest BCUT2D eigenvalue weighted by Gasteiger charge is -2.03. The highest BCUT2D eigenvalue weighted by atomic mass is 19.3. The summed E-state index contributed by atoms with van der Waals surface area (Å²) in [6.45, 7) is 2.73. The van der Waals surface area contributed by atoms with E-state index in [9.17, 15) is 13.6 Å². The van der Waals surface area contributed by atoms with E-state index < -0.39 is 12.3 Å². The molecule has 0 saturated carbocycles. The standard InChI is InChI=1S/C20H17F2N7O2/c1-2-23-18(30)15-5-3-4-14(10-15)17-24-28-29(27-17)11-12-6-8-13(9-7-12)19-25-26-20(31-19)16(21)22/h3-10,16H,2,11H2,1H3,(H,23,30). The van der Waals surface area contributed by atoms with Crippen molar-refractivity contribution >= 4 is 5.91 Å². The minimum absolute atomic E-state index is 0.0232. The van der Waals surface area contributed by atoms with Gasteiger partial charge in [-0.05, 0) is 42.0 Å². The Hall–Kier alpha value is -4.02. The second-order valence-electron chi connectivity index (χ2n) is 6.53. The molecule has 9 nitrogen and oxygen atoms in total. The van der Waals surface area contributed by atoms with Gasteiger partial charge >= 0.3 is 6.43 Å².